The van der Waals surface area contributed by atoms with Gasteiger partial charge in [-0.2, -0.15) is 0 Å². The van der Waals surface area contributed by atoms with E-state index in [0.717, 1.165) is 23.1 Å². The molecule has 0 saturated carbocycles. The Morgan fingerprint density at radius 3 is 2.39 bits per heavy atom. The summed E-state index contributed by atoms with van der Waals surface area (Å²) >= 11 is 0. The molecule has 4 N–H and O–H groups in total. The number of nitrogens with one attached hydrogen (secondary N) is 2. The zero-order chi connectivity index (χ0) is 22.9. The average molecular weight is 446 g/mol. The number of hydrogen-bond donors (Lipinski definition) is 4. The summed E-state index contributed by atoms with van der Waals surface area (Å²) in [6, 6.07) is 21.6. The Morgan fingerprint density at radius 1 is 0.909 bits per heavy atom. The predicted molar refractivity (Wildman–Crippen MR) is 124 cm³/mol. The topological polar surface area (TPSA) is 94.1 Å². The summed E-state index contributed by atoms with van der Waals surface area (Å²) in [6.07, 6.45) is 0.729. The van der Waals surface area contributed by atoms with Gasteiger partial charge in [-0.1, -0.05) is 54.6 Å². The normalized spacial score (nSPS) is 24.2. The third-order valence-electron chi connectivity index (χ3n) is 6.71. The summed E-state index contributed by atoms with van der Waals surface area (Å²) in [5.74, 6) is 0.450. The number of hydrogen-bond acceptors (Lipinski definition) is 6. The van der Waals surface area contributed by atoms with Gasteiger partial charge in [0.25, 0.3) is 0 Å². The number of amides is 1. The summed E-state index contributed by atoms with van der Waals surface area (Å²) < 4.78 is 5.35. The Bertz CT molecular complexity index is 1150. The van der Waals surface area contributed by atoms with Crippen LogP contribution < -0.4 is 15.6 Å². The van der Waals surface area contributed by atoms with E-state index in [1.807, 2.05) is 41.3 Å². The quantitative estimate of drug-likeness (QED) is 0.466. The molecule has 0 aliphatic carbocycles. The van der Waals surface area contributed by atoms with Crippen molar-refractivity contribution in [1.82, 2.24) is 15.8 Å². The number of ether oxygens (including phenoxy) is 1. The Labute approximate surface area is 192 Å². The average Bonchev–Trinajstić information content (AvgIpc) is 3.38. The van der Waals surface area contributed by atoms with Crippen molar-refractivity contribution >= 4 is 5.91 Å². The molecule has 2 heterocycles. The van der Waals surface area contributed by atoms with Gasteiger partial charge in [-0.25, -0.2) is 10.9 Å². The molecule has 170 valence electrons. The molecule has 3 aromatic carbocycles. The van der Waals surface area contributed by atoms with E-state index in [2.05, 4.69) is 23.0 Å². The van der Waals surface area contributed by atoms with Crippen molar-refractivity contribution < 1.29 is 19.7 Å². The van der Waals surface area contributed by atoms with E-state index < -0.39 is 6.04 Å². The number of likely N-dealkylation sites (tertiary alicyclic amines) is 1. The van der Waals surface area contributed by atoms with Crippen LogP contribution in [0.1, 0.15) is 28.8 Å². The van der Waals surface area contributed by atoms with Gasteiger partial charge in [0, 0.05) is 18.0 Å². The second-order valence-corrected chi connectivity index (χ2v) is 8.52. The van der Waals surface area contributed by atoms with Crippen LogP contribution in [0.4, 0.5) is 0 Å². The monoisotopic (exact) mass is 445 g/mol. The SMILES string of the molecule is COc1cc(C2C3C(NNC3c3ccccc3O)C(=O)N2CCc2ccccc2)ccc1O. The number of nitrogens with zero attached hydrogens (tertiary/aromatic N) is 1. The molecule has 3 aromatic rings. The lowest BCUT2D eigenvalue weighted by Crippen LogP contribution is -2.42. The minimum Gasteiger partial charge on any atom is -0.508 e. The molecule has 7 heteroatoms. The Balaban J connectivity index is 1.55. The summed E-state index contributed by atoms with van der Waals surface area (Å²) in [5.41, 5.74) is 9.20. The maximum absolute atomic E-state index is 13.6. The van der Waals surface area contributed by atoms with Gasteiger partial charge in [-0.3, -0.25) is 4.79 Å². The molecule has 2 aliphatic heterocycles. The lowest BCUT2D eigenvalue weighted by atomic mass is 9.83. The summed E-state index contributed by atoms with van der Waals surface area (Å²) in [7, 11) is 1.51. The number of rotatable bonds is 6. The van der Waals surface area contributed by atoms with Gasteiger partial charge in [0.15, 0.2) is 11.5 Å². The van der Waals surface area contributed by atoms with Gasteiger partial charge in [-0.05, 0) is 35.7 Å². The predicted octanol–water partition coefficient (Wildman–Crippen LogP) is 3.07. The van der Waals surface area contributed by atoms with Crippen molar-refractivity contribution in [2.24, 2.45) is 5.92 Å². The van der Waals surface area contributed by atoms with Crippen LogP contribution in [0.15, 0.2) is 72.8 Å². The Hall–Kier alpha value is -3.55. The van der Waals surface area contributed by atoms with Gasteiger partial charge < -0.3 is 19.8 Å². The fraction of sp³-hybridized carbons (Fsp3) is 0.269. The van der Waals surface area contributed by atoms with Crippen molar-refractivity contribution in [3.63, 3.8) is 0 Å². The maximum Gasteiger partial charge on any atom is 0.242 e. The van der Waals surface area contributed by atoms with E-state index in [1.165, 1.54) is 7.11 Å². The smallest absolute Gasteiger partial charge is 0.242 e. The highest BCUT2D eigenvalue weighted by molar-refractivity contribution is 5.86. The number of aromatic hydroxyl groups is 2. The van der Waals surface area contributed by atoms with E-state index >= 15 is 0 Å². The maximum atomic E-state index is 13.6. The number of carbonyl (C=O) groups excluding carboxylic acids is 1. The second kappa shape index (κ2) is 8.77. The summed E-state index contributed by atoms with van der Waals surface area (Å²) in [6.45, 7) is 0.554. The van der Waals surface area contributed by atoms with Crippen molar-refractivity contribution in [3.05, 3.63) is 89.5 Å². The van der Waals surface area contributed by atoms with Crippen LogP contribution in [0.25, 0.3) is 0 Å². The molecule has 0 aromatic heterocycles. The standard InChI is InChI=1S/C26H27N3O4/c1-33-21-15-17(11-12-20(21)31)25-22-23(18-9-5-6-10-19(18)30)27-28-24(22)26(32)29(25)14-13-16-7-3-2-4-8-16/h2-12,15,22-25,27-28,30-31H,13-14H2,1H3. The molecule has 33 heavy (non-hydrogen) atoms. The lowest BCUT2D eigenvalue weighted by Gasteiger charge is -2.31. The highest BCUT2D eigenvalue weighted by Gasteiger charge is 2.55. The first kappa shape index (κ1) is 21.3. The third-order valence-corrected chi connectivity index (χ3v) is 6.71. The van der Waals surface area contributed by atoms with Crippen LogP contribution in [0, 0.1) is 5.92 Å². The summed E-state index contributed by atoms with van der Waals surface area (Å²) in [4.78, 5) is 15.5. The number of hydrazine groups is 1. The Kier molecular flexibility index (Phi) is 5.66. The fourth-order valence-corrected chi connectivity index (χ4v) is 5.14. The van der Waals surface area contributed by atoms with E-state index in [0.29, 0.717) is 12.3 Å². The van der Waals surface area contributed by atoms with Crippen molar-refractivity contribution in [1.29, 1.82) is 0 Å². The van der Waals surface area contributed by atoms with Crippen LogP contribution in [-0.4, -0.2) is 40.7 Å². The number of benzene rings is 3. The van der Waals surface area contributed by atoms with Crippen LogP contribution in [0.5, 0.6) is 17.2 Å². The van der Waals surface area contributed by atoms with Crippen LogP contribution >= 0.6 is 0 Å². The first-order valence-corrected chi connectivity index (χ1v) is 11.1. The first-order valence-electron chi connectivity index (χ1n) is 11.1. The zero-order valence-electron chi connectivity index (χ0n) is 18.3. The molecule has 7 nitrogen and oxygen atoms in total. The molecule has 2 saturated heterocycles. The third kappa shape index (κ3) is 3.79. The molecule has 4 unspecified atom stereocenters. The Morgan fingerprint density at radius 2 is 1.64 bits per heavy atom. The summed E-state index contributed by atoms with van der Waals surface area (Å²) in [5, 5.41) is 20.7. The number of methoxy groups -OCH3 is 1. The van der Waals surface area contributed by atoms with Gasteiger partial charge in [0.2, 0.25) is 5.91 Å². The molecule has 2 aliphatic rings. The highest BCUT2D eigenvalue weighted by Crippen LogP contribution is 2.49. The molecule has 0 radical (unpaired) electrons. The van der Waals surface area contributed by atoms with Gasteiger partial charge >= 0.3 is 0 Å². The zero-order valence-corrected chi connectivity index (χ0v) is 18.3. The minimum absolute atomic E-state index is 0.0124. The molecule has 2 fully saturated rings. The lowest BCUT2D eigenvalue weighted by molar-refractivity contribution is -0.130. The van der Waals surface area contributed by atoms with Gasteiger partial charge in [0.05, 0.1) is 19.2 Å². The second-order valence-electron chi connectivity index (χ2n) is 8.52. The fourth-order valence-electron chi connectivity index (χ4n) is 5.14. The molecule has 0 bridgehead atoms. The van der Waals surface area contributed by atoms with E-state index in [4.69, 9.17) is 4.74 Å². The number of phenolic OH excluding ortho intramolecular Hbond substituents is 2. The first-order chi connectivity index (χ1) is 16.1. The molecule has 1 amide bonds. The van der Waals surface area contributed by atoms with Crippen LogP contribution in [0.3, 0.4) is 0 Å². The van der Waals surface area contributed by atoms with E-state index in [9.17, 15) is 15.0 Å². The molecular formula is C26H27N3O4. The van der Waals surface area contributed by atoms with Crippen LogP contribution in [0.2, 0.25) is 0 Å². The van der Waals surface area contributed by atoms with E-state index in [-0.39, 0.29) is 35.4 Å². The molecular weight excluding hydrogens is 418 g/mol. The van der Waals surface area contributed by atoms with Crippen molar-refractivity contribution in [2.45, 2.75) is 24.5 Å². The number of carbonyl (C=O) groups is 1. The van der Waals surface area contributed by atoms with Gasteiger partial charge in [-0.15, -0.1) is 0 Å². The highest BCUT2D eigenvalue weighted by atomic mass is 16.5. The number of para-hydroxylation sites is 1. The number of phenols is 2. The largest absolute Gasteiger partial charge is 0.508 e. The molecule has 5 rings (SSSR count). The van der Waals surface area contributed by atoms with Crippen molar-refractivity contribution in [2.75, 3.05) is 13.7 Å². The molecule has 4 atom stereocenters. The minimum atomic E-state index is -0.435. The van der Waals surface area contributed by atoms with Gasteiger partial charge in [0.1, 0.15) is 11.8 Å². The number of fused-ring (bicyclic) bond motifs is 1. The van der Waals surface area contributed by atoms with Crippen molar-refractivity contribution in [3.8, 4) is 17.2 Å². The molecule has 0 spiro atoms. The van der Waals surface area contributed by atoms with Crippen LogP contribution in [-0.2, 0) is 11.2 Å². The van der Waals surface area contributed by atoms with E-state index in [1.54, 1.807) is 24.3 Å².